The first-order chi connectivity index (χ1) is 14.4. The monoisotopic (exact) mass is 407 g/mol. The zero-order valence-electron chi connectivity index (χ0n) is 16.6. The van der Waals surface area contributed by atoms with Crippen LogP contribution in [0, 0.1) is 5.41 Å². The van der Waals surface area contributed by atoms with Gasteiger partial charge in [0.1, 0.15) is 5.82 Å². The van der Waals surface area contributed by atoms with Gasteiger partial charge in [0.15, 0.2) is 5.41 Å². The highest BCUT2D eigenvalue weighted by atomic mass is 16.5. The number of amides is 4. The molecule has 0 unspecified atom stereocenters. The van der Waals surface area contributed by atoms with Crippen molar-refractivity contribution in [3.8, 4) is 11.1 Å². The zero-order chi connectivity index (χ0) is 21.0. The fraction of sp³-hybridized carbons (Fsp3) is 0.381. The van der Waals surface area contributed by atoms with Gasteiger partial charge in [-0.3, -0.25) is 25.2 Å². The van der Waals surface area contributed by atoms with E-state index in [0.29, 0.717) is 6.54 Å². The molecule has 9 heteroatoms. The Morgan fingerprint density at radius 3 is 2.50 bits per heavy atom. The summed E-state index contributed by atoms with van der Waals surface area (Å²) in [5.41, 5.74) is 1.10. The van der Waals surface area contributed by atoms with Crippen molar-refractivity contribution in [1.29, 1.82) is 0 Å². The van der Waals surface area contributed by atoms with Crippen LogP contribution in [0.4, 0.5) is 10.6 Å². The molecule has 3 aliphatic rings. The lowest BCUT2D eigenvalue weighted by Gasteiger charge is -2.54. The second kappa shape index (κ2) is 6.60. The molecule has 3 atom stereocenters. The SMILES string of the molecule is C[C@@H]1CN2c3ncc(-c4ccncc4)cc3CC3(C(=O)NC(=O)NC3=O)[C@H]2[C@H](C)O1. The van der Waals surface area contributed by atoms with Gasteiger partial charge in [-0.2, -0.15) is 0 Å². The van der Waals surface area contributed by atoms with Crippen LogP contribution < -0.4 is 15.5 Å². The Balaban J connectivity index is 1.68. The number of carbonyl (C=O) groups excluding carboxylic acids is 3. The second-order valence-electron chi connectivity index (χ2n) is 8.08. The number of hydrogen-bond donors (Lipinski definition) is 2. The van der Waals surface area contributed by atoms with E-state index in [1.54, 1.807) is 18.6 Å². The van der Waals surface area contributed by atoms with E-state index in [1.165, 1.54) is 0 Å². The van der Waals surface area contributed by atoms with Gasteiger partial charge in [-0.15, -0.1) is 0 Å². The Morgan fingerprint density at radius 1 is 1.10 bits per heavy atom. The quantitative estimate of drug-likeness (QED) is 0.679. The van der Waals surface area contributed by atoms with Crippen LogP contribution in [0.5, 0.6) is 0 Å². The third-order valence-electron chi connectivity index (χ3n) is 6.15. The van der Waals surface area contributed by atoms with Gasteiger partial charge in [-0.05, 0) is 43.2 Å². The molecule has 0 aromatic carbocycles. The summed E-state index contributed by atoms with van der Waals surface area (Å²) in [7, 11) is 0. The first-order valence-electron chi connectivity index (χ1n) is 9.88. The maximum atomic E-state index is 13.1. The number of pyridine rings is 2. The van der Waals surface area contributed by atoms with Gasteiger partial charge in [0.25, 0.3) is 0 Å². The van der Waals surface area contributed by atoms with Gasteiger partial charge in [-0.1, -0.05) is 0 Å². The predicted molar refractivity (Wildman–Crippen MR) is 106 cm³/mol. The van der Waals surface area contributed by atoms with E-state index in [1.807, 2.05) is 36.9 Å². The van der Waals surface area contributed by atoms with Crippen molar-refractivity contribution < 1.29 is 19.1 Å². The summed E-state index contributed by atoms with van der Waals surface area (Å²) in [6.45, 7) is 4.28. The number of imide groups is 2. The van der Waals surface area contributed by atoms with Crippen LogP contribution >= 0.6 is 0 Å². The summed E-state index contributed by atoms with van der Waals surface area (Å²) in [6.07, 6.45) is 4.81. The van der Waals surface area contributed by atoms with Gasteiger partial charge in [0, 0.05) is 37.1 Å². The van der Waals surface area contributed by atoms with E-state index >= 15 is 0 Å². The van der Waals surface area contributed by atoms with Crippen LogP contribution in [0.15, 0.2) is 36.8 Å². The number of aromatic nitrogens is 2. The number of rotatable bonds is 1. The molecule has 2 aromatic heterocycles. The van der Waals surface area contributed by atoms with Crippen molar-refractivity contribution in [3.63, 3.8) is 0 Å². The third-order valence-corrected chi connectivity index (χ3v) is 6.15. The van der Waals surface area contributed by atoms with Gasteiger partial charge < -0.3 is 9.64 Å². The standard InChI is InChI=1S/C21H21N5O4/c1-11-10-26-16(12(2)30-11)21(18(27)24-20(29)25-19(21)28)8-14-7-15(9-23-17(14)26)13-3-5-22-6-4-13/h3-7,9,11-12,16H,8,10H2,1-2H3,(H2,24,25,27,28,29)/t11-,12+,16-/m1/s1. The first-order valence-corrected chi connectivity index (χ1v) is 9.88. The molecular weight excluding hydrogens is 386 g/mol. The Labute approximate surface area is 172 Å². The number of barbiturate groups is 1. The molecule has 0 bridgehead atoms. The molecular formula is C21H21N5O4. The maximum Gasteiger partial charge on any atom is 0.328 e. The number of nitrogens with zero attached hydrogens (tertiary/aromatic N) is 3. The van der Waals surface area contributed by atoms with Crippen LogP contribution in [-0.2, 0) is 20.7 Å². The molecule has 9 nitrogen and oxygen atoms in total. The normalized spacial score (nSPS) is 27.2. The molecule has 0 aliphatic carbocycles. The number of ether oxygens (including phenoxy) is 1. The number of morpholine rings is 1. The highest BCUT2D eigenvalue weighted by Crippen LogP contribution is 2.46. The van der Waals surface area contributed by atoms with Crippen molar-refractivity contribution in [2.24, 2.45) is 5.41 Å². The number of fused-ring (bicyclic) bond motifs is 4. The summed E-state index contributed by atoms with van der Waals surface area (Å²) in [5, 5.41) is 4.58. The minimum absolute atomic E-state index is 0.0998. The zero-order valence-corrected chi connectivity index (χ0v) is 16.6. The Morgan fingerprint density at radius 2 is 1.80 bits per heavy atom. The highest BCUT2D eigenvalue weighted by molar-refractivity contribution is 6.20. The second-order valence-corrected chi connectivity index (χ2v) is 8.08. The molecule has 154 valence electrons. The molecule has 5 rings (SSSR count). The minimum Gasteiger partial charge on any atom is -0.372 e. The summed E-state index contributed by atoms with van der Waals surface area (Å²) >= 11 is 0. The number of nitrogens with one attached hydrogen (secondary N) is 2. The Kier molecular flexibility index (Phi) is 4.11. The Hall–Kier alpha value is -3.33. The molecule has 2 aromatic rings. The topological polar surface area (TPSA) is 114 Å². The van der Waals surface area contributed by atoms with Crippen LogP contribution in [0.2, 0.25) is 0 Å². The molecule has 2 saturated heterocycles. The fourth-order valence-corrected chi connectivity index (χ4v) is 5.00. The number of hydrogen-bond acceptors (Lipinski definition) is 7. The predicted octanol–water partition coefficient (Wildman–Crippen LogP) is 1.03. The molecule has 3 aliphatic heterocycles. The van der Waals surface area contributed by atoms with Gasteiger partial charge in [-0.25, -0.2) is 9.78 Å². The first kappa shape index (κ1) is 18.7. The lowest BCUT2D eigenvalue weighted by molar-refractivity contribution is -0.153. The van der Waals surface area contributed by atoms with E-state index in [9.17, 15) is 14.4 Å². The van der Waals surface area contributed by atoms with E-state index < -0.39 is 35.4 Å². The molecule has 30 heavy (non-hydrogen) atoms. The van der Waals surface area contributed by atoms with Crippen molar-refractivity contribution in [2.75, 3.05) is 11.4 Å². The summed E-state index contributed by atoms with van der Waals surface area (Å²) in [5.74, 6) is -0.463. The fourth-order valence-electron chi connectivity index (χ4n) is 5.00. The molecule has 0 saturated carbocycles. The van der Waals surface area contributed by atoms with E-state index in [0.717, 1.165) is 22.5 Å². The van der Waals surface area contributed by atoms with Gasteiger partial charge in [0.2, 0.25) is 11.8 Å². The number of urea groups is 1. The average Bonchev–Trinajstić information content (AvgIpc) is 2.71. The van der Waals surface area contributed by atoms with E-state index in [2.05, 4.69) is 15.6 Å². The van der Waals surface area contributed by atoms with Crippen LogP contribution in [0.3, 0.4) is 0 Å². The largest absolute Gasteiger partial charge is 0.372 e. The maximum absolute atomic E-state index is 13.1. The number of anilines is 1. The Bertz CT molecular complexity index is 1040. The highest BCUT2D eigenvalue weighted by Gasteiger charge is 2.63. The van der Waals surface area contributed by atoms with E-state index in [4.69, 9.17) is 9.72 Å². The van der Waals surface area contributed by atoms with Crippen molar-refractivity contribution in [2.45, 2.75) is 38.5 Å². The van der Waals surface area contributed by atoms with Crippen molar-refractivity contribution in [1.82, 2.24) is 20.6 Å². The lowest BCUT2D eigenvalue weighted by Crippen LogP contribution is -2.75. The molecule has 2 fully saturated rings. The molecule has 5 heterocycles. The summed E-state index contributed by atoms with van der Waals surface area (Å²) in [6, 6.07) is 4.34. The minimum atomic E-state index is -1.49. The molecule has 0 radical (unpaired) electrons. The summed E-state index contributed by atoms with van der Waals surface area (Å²) < 4.78 is 5.99. The smallest absolute Gasteiger partial charge is 0.328 e. The van der Waals surface area contributed by atoms with Crippen LogP contribution in [0.1, 0.15) is 19.4 Å². The van der Waals surface area contributed by atoms with E-state index in [-0.39, 0.29) is 12.5 Å². The summed E-state index contributed by atoms with van der Waals surface area (Å²) in [4.78, 5) is 48.8. The van der Waals surface area contributed by atoms with Crippen LogP contribution in [0.25, 0.3) is 11.1 Å². The van der Waals surface area contributed by atoms with Crippen molar-refractivity contribution in [3.05, 3.63) is 42.4 Å². The van der Waals surface area contributed by atoms with Crippen LogP contribution in [-0.4, -0.2) is 52.6 Å². The lowest BCUT2D eigenvalue weighted by atomic mass is 9.67. The molecule has 2 N–H and O–H groups in total. The molecule has 1 spiro atoms. The van der Waals surface area contributed by atoms with Gasteiger partial charge >= 0.3 is 6.03 Å². The number of carbonyl (C=O) groups is 3. The van der Waals surface area contributed by atoms with Crippen molar-refractivity contribution >= 4 is 23.7 Å². The third kappa shape index (κ3) is 2.62. The average molecular weight is 407 g/mol. The van der Waals surface area contributed by atoms with Gasteiger partial charge in [0.05, 0.1) is 18.2 Å². The molecule has 4 amide bonds.